The SMILES string of the molecule is C.CCCCO.Cc1cc(-c2ccc(N)c(P(C)(C)=O)c2)nn1C.Cc1cc(-c2ccc(Nc3nc(Cl)ncc3Br)c(P(C)(C)=O)c2)nn1C.Clc1ncc(Br)c(Cl)n1. The van der Waals surface area contributed by atoms with Gasteiger partial charge in [0.25, 0.3) is 0 Å². The van der Waals surface area contributed by atoms with Gasteiger partial charge in [-0.2, -0.15) is 15.2 Å². The first-order chi connectivity index (χ1) is 27.0. The predicted molar refractivity (Wildman–Crippen MR) is 256 cm³/mol. The molecule has 0 fully saturated rings. The third kappa shape index (κ3) is 15.7. The Labute approximate surface area is 378 Å². The smallest absolute Gasteiger partial charge is 0.224 e. The van der Waals surface area contributed by atoms with Gasteiger partial charge in [0.1, 0.15) is 25.3 Å². The minimum Gasteiger partial charge on any atom is -0.398 e. The molecule has 0 amide bonds. The fourth-order valence-corrected chi connectivity index (χ4v) is 8.09. The molecule has 0 saturated carbocycles. The van der Waals surface area contributed by atoms with Crippen LogP contribution in [0.5, 0.6) is 0 Å². The molecule has 0 bridgehead atoms. The first-order valence-electron chi connectivity index (χ1n) is 17.6. The van der Waals surface area contributed by atoms with Crippen molar-refractivity contribution >= 4 is 109 Å². The second kappa shape index (κ2) is 23.2. The summed E-state index contributed by atoms with van der Waals surface area (Å²) in [4.78, 5) is 15.4. The lowest BCUT2D eigenvalue weighted by Gasteiger charge is -2.16. The van der Waals surface area contributed by atoms with E-state index in [2.05, 4.69) is 74.2 Å². The highest BCUT2D eigenvalue weighted by molar-refractivity contribution is 9.11. The molecule has 0 spiro atoms. The van der Waals surface area contributed by atoms with Crippen molar-refractivity contribution in [3.8, 4) is 22.5 Å². The summed E-state index contributed by atoms with van der Waals surface area (Å²) in [6, 6.07) is 15.4. The number of nitrogens with one attached hydrogen (secondary N) is 1. The quantitative estimate of drug-likeness (QED) is 0.0572. The van der Waals surface area contributed by atoms with Crippen LogP contribution in [0.4, 0.5) is 17.2 Å². The van der Waals surface area contributed by atoms with Gasteiger partial charge in [0.05, 0.1) is 26.0 Å². The summed E-state index contributed by atoms with van der Waals surface area (Å²) < 4.78 is 30.0. The fraction of sp³-hybridized carbons (Fsp3) is 0.333. The number of aliphatic hydroxyl groups is 1. The standard InChI is InChI=1S/C17H18BrClN5OP.C13H18N3OP.C4HBrCl2N2.C4H10O.CH4/c1-10-7-14(23-24(10)2)11-5-6-13(15(8-11)26(3,4)25)21-16-12(18)9-20-17(19)22-16;1-9-7-12(15-16(9)2)10-5-6-11(14)13(8-10)18(3,4)17;5-2-1-8-4(7)9-3(2)6;1-2-3-4-5;/h5-9H,1-4H3,(H,20,21,22);5-8H,14H2,1-4H3;1H;5H,2-4H2,1H3;1H4. The summed E-state index contributed by atoms with van der Waals surface area (Å²) in [5, 5.41) is 22.3. The van der Waals surface area contributed by atoms with Crippen molar-refractivity contribution in [1.29, 1.82) is 0 Å². The van der Waals surface area contributed by atoms with Crippen LogP contribution in [0.25, 0.3) is 22.5 Å². The normalized spacial score (nSPS) is 10.9. The van der Waals surface area contributed by atoms with Crippen LogP contribution < -0.4 is 21.7 Å². The number of halogens is 5. The number of nitrogen functional groups attached to an aromatic ring is 1. The molecule has 20 heteroatoms. The van der Waals surface area contributed by atoms with Gasteiger partial charge < -0.3 is 25.3 Å². The maximum absolute atomic E-state index is 12.9. The van der Waals surface area contributed by atoms with E-state index in [4.69, 9.17) is 45.6 Å². The molecule has 59 heavy (non-hydrogen) atoms. The number of nitrogens with zero attached hydrogens (tertiary/aromatic N) is 8. The van der Waals surface area contributed by atoms with Crippen LogP contribution in [0.1, 0.15) is 38.6 Å². The highest BCUT2D eigenvalue weighted by Gasteiger charge is 2.20. The van der Waals surface area contributed by atoms with Crippen molar-refractivity contribution in [2.45, 2.75) is 41.0 Å². The van der Waals surface area contributed by atoms with Crippen molar-refractivity contribution in [2.75, 3.05) is 44.3 Å². The van der Waals surface area contributed by atoms with Gasteiger partial charge in [0.2, 0.25) is 10.6 Å². The molecule has 0 radical (unpaired) electrons. The Morgan fingerprint density at radius 1 is 0.763 bits per heavy atom. The van der Waals surface area contributed by atoms with E-state index in [9.17, 15) is 9.13 Å². The first kappa shape index (κ1) is 52.0. The van der Waals surface area contributed by atoms with Crippen LogP contribution >= 0.6 is 80.9 Å². The van der Waals surface area contributed by atoms with E-state index in [0.29, 0.717) is 37.9 Å². The minimum atomic E-state index is -2.56. The number of aliphatic hydroxyl groups excluding tert-OH is 1. The van der Waals surface area contributed by atoms with Crippen LogP contribution in [0.15, 0.2) is 69.9 Å². The average Bonchev–Trinajstić information content (AvgIpc) is 3.67. The number of aromatic nitrogens is 8. The zero-order valence-electron chi connectivity index (χ0n) is 33.6. The van der Waals surface area contributed by atoms with E-state index in [1.807, 2.05) is 79.8 Å². The van der Waals surface area contributed by atoms with Gasteiger partial charge in [0, 0.05) is 71.9 Å². The predicted octanol–water partition coefficient (Wildman–Crippen LogP) is 10.8. The van der Waals surface area contributed by atoms with Crippen LogP contribution in [0, 0.1) is 13.8 Å². The molecule has 0 saturated heterocycles. The lowest BCUT2D eigenvalue weighted by Crippen LogP contribution is -2.11. The van der Waals surface area contributed by atoms with E-state index in [1.165, 1.54) is 6.20 Å². The summed E-state index contributed by atoms with van der Waals surface area (Å²) in [5.74, 6) is 0.515. The van der Waals surface area contributed by atoms with E-state index in [0.717, 1.165) is 57.4 Å². The number of unbranched alkanes of at least 4 members (excludes halogenated alkanes) is 1. The van der Waals surface area contributed by atoms with Gasteiger partial charge >= 0.3 is 0 Å². The van der Waals surface area contributed by atoms with Crippen LogP contribution in [0.2, 0.25) is 15.7 Å². The Morgan fingerprint density at radius 2 is 1.24 bits per heavy atom. The van der Waals surface area contributed by atoms with Crippen molar-refractivity contribution in [3.63, 3.8) is 0 Å². The molecule has 4 heterocycles. The van der Waals surface area contributed by atoms with Crippen LogP contribution in [0.3, 0.4) is 0 Å². The second-order valence-electron chi connectivity index (χ2n) is 13.6. The highest BCUT2D eigenvalue weighted by atomic mass is 79.9. The van der Waals surface area contributed by atoms with E-state index < -0.39 is 14.3 Å². The molecule has 4 aromatic heterocycles. The monoisotopic (exact) mass is 1030 g/mol. The van der Waals surface area contributed by atoms with Crippen LogP contribution in [-0.4, -0.2) is 77.9 Å². The number of aryl methyl sites for hydroxylation is 4. The zero-order chi connectivity index (χ0) is 43.5. The number of benzene rings is 2. The Hall–Kier alpha value is -3.13. The molecule has 0 aliphatic carbocycles. The molecular formula is C39H51Br2Cl3N10O3P2. The van der Waals surface area contributed by atoms with Gasteiger partial charge in [-0.15, -0.1) is 0 Å². The summed E-state index contributed by atoms with van der Waals surface area (Å²) in [6.45, 7) is 13.3. The van der Waals surface area contributed by atoms with Crippen LogP contribution in [-0.2, 0) is 23.2 Å². The lowest BCUT2D eigenvalue weighted by molar-refractivity contribution is 0.287. The van der Waals surface area contributed by atoms with E-state index >= 15 is 0 Å². The Bertz CT molecular complexity index is 2400. The van der Waals surface area contributed by atoms with Gasteiger partial charge in [0.15, 0.2) is 0 Å². The summed E-state index contributed by atoms with van der Waals surface area (Å²) in [7, 11) is -1.12. The molecule has 0 unspecified atom stereocenters. The van der Waals surface area contributed by atoms with Crippen molar-refractivity contribution < 1.29 is 14.2 Å². The minimum absolute atomic E-state index is 0. The maximum atomic E-state index is 12.9. The molecule has 320 valence electrons. The van der Waals surface area contributed by atoms with Gasteiger partial charge in [-0.05, 0) is 138 Å². The Morgan fingerprint density at radius 3 is 1.64 bits per heavy atom. The fourth-order valence-electron chi connectivity index (χ4n) is 4.86. The number of hydrogen-bond acceptors (Lipinski definition) is 11. The third-order valence-corrected chi connectivity index (χ3v) is 13.3. The Balaban J connectivity index is 0.000000313. The molecule has 0 aliphatic heterocycles. The summed E-state index contributed by atoms with van der Waals surface area (Å²) >= 11 is 23.3. The average molecular weight is 1040 g/mol. The second-order valence-corrected chi connectivity index (χ2v) is 22.7. The molecule has 6 aromatic rings. The Kier molecular flexibility index (Phi) is 20.4. The molecule has 13 nitrogen and oxygen atoms in total. The highest BCUT2D eigenvalue weighted by Crippen LogP contribution is 2.41. The van der Waals surface area contributed by atoms with E-state index in [1.54, 1.807) is 38.9 Å². The van der Waals surface area contributed by atoms with Crippen molar-refractivity contribution in [2.24, 2.45) is 14.1 Å². The lowest BCUT2D eigenvalue weighted by atomic mass is 10.1. The van der Waals surface area contributed by atoms with Crippen molar-refractivity contribution in [1.82, 2.24) is 39.5 Å². The molecule has 2 aromatic carbocycles. The summed E-state index contributed by atoms with van der Waals surface area (Å²) in [5.41, 5.74) is 12.9. The van der Waals surface area contributed by atoms with Gasteiger partial charge in [-0.3, -0.25) is 9.36 Å². The molecular weight excluding hydrogens is 985 g/mol. The molecule has 4 N–H and O–H groups in total. The van der Waals surface area contributed by atoms with Crippen molar-refractivity contribution in [3.05, 3.63) is 97.0 Å². The van der Waals surface area contributed by atoms with E-state index in [-0.39, 0.29) is 18.0 Å². The topological polar surface area (TPSA) is 180 Å². The molecule has 0 aliphatic rings. The number of hydrogen-bond donors (Lipinski definition) is 3. The first-order valence-corrected chi connectivity index (χ1v) is 25.5. The van der Waals surface area contributed by atoms with Gasteiger partial charge in [-0.1, -0.05) is 44.5 Å². The zero-order valence-corrected chi connectivity index (χ0v) is 40.8. The maximum Gasteiger partial charge on any atom is 0.224 e. The summed E-state index contributed by atoms with van der Waals surface area (Å²) in [6.07, 6.45) is 5.11. The third-order valence-electron chi connectivity index (χ3n) is 8.16. The number of nitrogens with two attached hydrogens (primary N) is 1. The number of rotatable bonds is 8. The largest absolute Gasteiger partial charge is 0.398 e. The number of anilines is 3. The molecule has 6 rings (SSSR count). The van der Waals surface area contributed by atoms with Gasteiger partial charge in [-0.25, -0.2) is 15.0 Å². The molecule has 0 atom stereocenters.